The van der Waals surface area contributed by atoms with E-state index < -0.39 is 11.1 Å². The molecule has 2 aromatic rings. The van der Waals surface area contributed by atoms with Crippen LogP contribution in [0.3, 0.4) is 0 Å². The van der Waals surface area contributed by atoms with Gasteiger partial charge in [-0.25, -0.2) is 4.39 Å². The van der Waals surface area contributed by atoms with Gasteiger partial charge in [-0.15, -0.1) is 0 Å². The molecule has 2 heterocycles. The maximum Gasteiger partial charge on any atom is 0.294 e. The fraction of sp³-hybridized carbons (Fsp3) is 0.320. The van der Waals surface area contributed by atoms with Gasteiger partial charge in [0.15, 0.2) is 0 Å². The van der Waals surface area contributed by atoms with Gasteiger partial charge in [0.05, 0.1) is 4.91 Å². The number of amides is 3. The summed E-state index contributed by atoms with van der Waals surface area (Å²) in [6, 6.07) is 11.6. The third kappa shape index (κ3) is 5.70. The fourth-order valence-electron chi connectivity index (χ4n) is 3.81. The Labute approximate surface area is 210 Å². The lowest BCUT2D eigenvalue weighted by Gasteiger charge is -2.31. The second-order valence-electron chi connectivity index (χ2n) is 8.39. The van der Waals surface area contributed by atoms with Gasteiger partial charge in [0.1, 0.15) is 24.7 Å². The molecule has 0 atom stereocenters. The summed E-state index contributed by atoms with van der Waals surface area (Å²) in [6.45, 7) is 3.20. The minimum absolute atomic E-state index is 0.0135. The van der Waals surface area contributed by atoms with Crippen LogP contribution in [0.5, 0.6) is 5.75 Å². The molecular formula is C25H24BrFN2O4S. The van der Waals surface area contributed by atoms with E-state index in [1.807, 2.05) is 0 Å². The lowest BCUT2D eigenvalue weighted by atomic mass is 9.99. The van der Waals surface area contributed by atoms with Gasteiger partial charge in [-0.05, 0) is 60.9 Å². The largest absolute Gasteiger partial charge is 0.488 e. The number of nitrogens with zero attached hydrogens (tertiary/aromatic N) is 2. The summed E-state index contributed by atoms with van der Waals surface area (Å²) < 4.78 is 20.5. The van der Waals surface area contributed by atoms with E-state index in [0.29, 0.717) is 35.9 Å². The van der Waals surface area contributed by atoms with Gasteiger partial charge in [-0.3, -0.25) is 19.3 Å². The smallest absolute Gasteiger partial charge is 0.294 e. The zero-order chi connectivity index (χ0) is 24.2. The maximum absolute atomic E-state index is 14.0. The minimum Gasteiger partial charge on any atom is -0.488 e. The first-order valence-electron chi connectivity index (χ1n) is 11.0. The Hall–Kier alpha value is -2.65. The molecule has 0 aromatic heterocycles. The fourth-order valence-corrected chi connectivity index (χ4v) is 5.01. The van der Waals surface area contributed by atoms with Crippen LogP contribution in [-0.4, -0.2) is 46.5 Å². The van der Waals surface area contributed by atoms with E-state index in [1.165, 1.54) is 6.07 Å². The van der Waals surface area contributed by atoms with E-state index in [2.05, 4.69) is 22.9 Å². The van der Waals surface area contributed by atoms with Crippen LogP contribution in [0, 0.1) is 11.7 Å². The summed E-state index contributed by atoms with van der Waals surface area (Å²) in [5.74, 6) is -0.0726. The lowest BCUT2D eigenvalue weighted by molar-refractivity contribution is -0.136. The van der Waals surface area contributed by atoms with Crippen molar-refractivity contribution in [1.29, 1.82) is 0 Å². The molecule has 3 amide bonds. The standard InChI is InChI=1S/C25H24BrFN2O4S/c1-16-8-10-28(11-9-16)23(30)14-29-24(31)22(34-25(29)32)13-18-12-19(26)6-7-21(18)33-15-17-4-2-3-5-20(17)27/h2-7,12-13,16H,8-11,14-15H2,1H3/b22-13-. The predicted octanol–water partition coefficient (Wildman–Crippen LogP) is 5.46. The van der Waals surface area contributed by atoms with E-state index in [0.717, 1.165) is 34.0 Å². The molecule has 0 saturated carbocycles. The molecule has 2 aliphatic heterocycles. The van der Waals surface area contributed by atoms with Crippen LogP contribution in [0.15, 0.2) is 51.8 Å². The topological polar surface area (TPSA) is 66.9 Å². The molecule has 34 heavy (non-hydrogen) atoms. The van der Waals surface area contributed by atoms with Crippen LogP contribution in [0.25, 0.3) is 6.08 Å². The Bertz CT molecular complexity index is 1150. The highest BCUT2D eigenvalue weighted by molar-refractivity contribution is 9.10. The Kier molecular flexibility index (Phi) is 7.73. The van der Waals surface area contributed by atoms with E-state index in [4.69, 9.17) is 4.74 Å². The number of benzene rings is 2. The Balaban J connectivity index is 1.48. The number of hydrogen-bond donors (Lipinski definition) is 0. The third-order valence-corrected chi connectivity index (χ3v) is 7.30. The number of likely N-dealkylation sites (tertiary alicyclic amines) is 1. The first-order valence-corrected chi connectivity index (χ1v) is 12.6. The highest BCUT2D eigenvalue weighted by atomic mass is 79.9. The maximum atomic E-state index is 14.0. The molecule has 9 heteroatoms. The number of halogens is 2. The van der Waals surface area contributed by atoms with Crippen molar-refractivity contribution in [3.63, 3.8) is 0 Å². The molecule has 0 unspecified atom stereocenters. The van der Waals surface area contributed by atoms with E-state index in [-0.39, 0.29) is 29.8 Å². The van der Waals surface area contributed by atoms with Crippen LogP contribution in [0.2, 0.25) is 0 Å². The summed E-state index contributed by atoms with van der Waals surface area (Å²) in [4.78, 5) is 41.1. The molecule has 2 fully saturated rings. The third-order valence-electron chi connectivity index (χ3n) is 5.90. The van der Waals surface area contributed by atoms with Crippen molar-refractivity contribution in [1.82, 2.24) is 9.80 Å². The number of hydrogen-bond acceptors (Lipinski definition) is 5. The molecule has 0 spiro atoms. The molecule has 2 aliphatic rings. The molecular weight excluding hydrogens is 523 g/mol. The first-order chi connectivity index (χ1) is 16.3. The number of rotatable bonds is 6. The Morgan fingerprint density at radius 3 is 2.68 bits per heavy atom. The van der Waals surface area contributed by atoms with Gasteiger partial charge in [0, 0.05) is 28.7 Å². The summed E-state index contributed by atoms with van der Waals surface area (Å²) in [5, 5.41) is -0.473. The number of ether oxygens (including phenoxy) is 1. The van der Waals surface area contributed by atoms with Crippen molar-refractivity contribution in [2.75, 3.05) is 19.6 Å². The summed E-state index contributed by atoms with van der Waals surface area (Å²) in [5.41, 5.74) is 0.967. The predicted molar refractivity (Wildman–Crippen MR) is 133 cm³/mol. The summed E-state index contributed by atoms with van der Waals surface area (Å²) in [6.07, 6.45) is 3.41. The molecule has 0 radical (unpaired) electrons. The summed E-state index contributed by atoms with van der Waals surface area (Å²) >= 11 is 4.20. The first kappa shape index (κ1) is 24.5. The minimum atomic E-state index is -0.506. The number of imide groups is 1. The summed E-state index contributed by atoms with van der Waals surface area (Å²) in [7, 11) is 0. The van der Waals surface area contributed by atoms with Crippen molar-refractivity contribution in [3.8, 4) is 5.75 Å². The van der Waals surface area contributed by atoms with E-state index in [9.17, 15) is 18.8 Å². The monoisotopic (exact) mass is 546 g/mol. The molecule has 4 rings (SSSR count). The number of piperidine rings is 1. The van der Waals surface area contributed by atoms with Crippen molar-refractivity contribution >= 4 is 50.8 Å². The number of carbonyl (C=O) groups excluding carboxylic acids is 3. The Morgan fingerprint density at radius 2 is 1.94 bits per heavy atom. The van der Waals surface area contributed by atoms with Gasteiger partial charge >= 0.3 is 0 Å². The van der Waals surface area contributed by atoms with Crippen molar-refractivity contribution in [2.45, 2.75) is 26.4 Å². The average Bonchev–Trinajstić information content (AvgIpc) is 3.07. The highest BCUT2D eigenvalue weighted by Crippen LogP contribution is 2.35. The van der Waals surface area contributed by atoms with Crippen molar-refractivity contribution in [3.05, 3.63) is 68.8 Å². The zero-order valence-corrected chi connectivity index (χ0v) is 21.0. The SMILES string of the molecule is CC1CCN(C(=O)CN2C(=O)S/C(=C\c3cc(Br)ccc3OCc3ccccc3F)C2=O)CC1. The van der Waals surface area contributed by atoms with Crippen LogP contribution < -0.4 is 4.74 Å². The van der Waals surface area contributed by atoms with Crippen LogP contribution >= 0.6 is 27.7 Å². The molecule has 0 N–H and O–H groups in total. The lowest BCUT2D eigenvalue weighted by Crippen LogP contribution is -2.45. The van der Waals surface area contributed by atoms with Gasteiger partial charge < -0.3 is 9.64 Å². The molecule has 2 saturated heterocycles. The number of carbonyl (C=O) groups is 3. The van der Waals surface area contributed by atoms with Crippen LogP contribution in [-0.2, 0) is 16.2 Å². The second kappa shape index (κ2) is 10.7. The van der Waals surface area contributed by atoms with Crippen LogP contribution in [0.1, 0.15) is 30.9 Å². The number of thioether (sulfide) groups is 1. The molecule has 2 aromatic carbocycles. The second-order valence-corrected chi connectivity index (χ2v) is 10.3. The van der Waals surface area contributed by atoms with E-state index >= 15 is 0 Å². The average molecular weight is 547 g/mol. The van der Waals surface area contributed by atoms with Gasteiger partial charge in [-0.2, -0.15) is 0 Å². The highest BCUT2D eigenvalue weighted by Gasteiger charge is 2.37. The molecule has 6 nitrogen and oxygen atoms in total. The zero-order valence-electron chi connectivity index (χ0n) is 18.6. The normalized spacial score (nSPS) is 18.1. The Morgan fingerprint density at radius 1 is 1.21 bits per heavy atom. The van der Waals surface area contributed by atoms with Crippen molar-refractivity contribution < 1.29 is 23.5 Å². The quantitative estimate of drug-likeness (QED) is 0.450. The molecule has 0 aliphatic carbocycles. The van der Waals surface area contributed by atoms with Crippen molar-refractivity contribution in [2.24, 2.45) is 5.92 Å². The molecule has 0 bridgehead atoms. The van der Waals surface area contributed by atoms with Gasteiger partial charge in [0.2, 0.25) is 5.91 Å². The van der Waals surface area contributed by atoms with Crippen LogP contribution in [0.4, 0.5) is 9.18 Å². The van der Waals surface area contributed by atoms with E-state index in [1.54, 1.807) is 47.4 Å². The van der Waals surface area contributed by atoms with Gasteiger partial charge in [-0.1, -0.05) is 41.1 Å². The molecule has 178 valence electrons. The van der Waals surface area contributed by atoms with Gasteiger partial charge in [0.25, 0.3) is 11.1 Å².